The van der Waals surface area contributed by atoms with E-state index in [1.54, 1.807) is 0 Å². The molecule has 0 unspecified atom stereocenters. The van der Waals surface area contributed by atoms with Crippen molar-refractivity contribution in [2.24, 2.45) is 5.73 Å². The zero-order valence-corrected chi connectivity index (χ0v) is 10.7. The summed E-state index contributed by atoms with van der Waals surface area (Å²) in [4.78, 5) is 1.87. The Morgan fingerprint density at radius 1 is 1.37 bits per heavy atom. The number of amidine groups is 1. The topological polar surface area (TPSA) is 62.3 Å². The van der Waals surface area contributed by atoms with Crippen molar-refractivity contribution in [3.63, 3.8) is 0 Å². The van der Waals surface area contributed by atoms with Crippen molar-refractivity contribution in [3.05, 3.63) is 29.3 Å². The summed E-state index contributed by atoms with van der Waals surface area (Å²) in [6, 6.07) is 2.93. The van der Waals surface area contributed by atoms with Gasteiger partial charge in [0.05, 0.1) is 11.1 Å². The molecular weight excluding hydrogens is 259 g/mol. The molecule has 0 saturated carbocycles. The molecule has 3 N–H and O–H groups in total. The predicted molar refractivity (Wildman–Crippen MR) is 66.5 cm³/mol. The summed E-state index contributed by atoms with van der Waals surface area (Å²) in [6.07, 6.45) is -4.47. The Morgan fingerprint density at radius 3 is 2.47 bits per heavy atom. The first-order chi connectivity index (χ1) is 8.71. The van der Waals surface area contributed by atoms with E-state index in [-0.39, 0.29) is 11.3 Å². The Labute approximate surface area is 109 Å². The Bertz CT molecular complexity index is 458. The van der Waals surface area contributed by atoms with E-state index in [1.807, 2.05) is 19.0 Å². The maximum Gasteiger partial charge on any atom is 0.416 e. The first-order valence-electron chi connectivity index (χ1n) is 5.55. The van der Waals surface area contributed by atoms with Gasteiger partial charge >= 0.3 is 6.18 Å². The molecule has 0 amide bonds. The minimum Gasteiger partial charge on any atom is -0.491 e. The van der Waals surface area contributed by atoms with E-state index in [0.29, 0.717) is 13.2 Å². The highest BCUT2D eigenvalue weighted by Gasteiger charge is 2.31. The molecule has 0 radical (unpaired) electrons. The van der Waals surface area contributed by atoms with Crippen molar-refractivity contribution in [2.75, 3.05) is 27.2 Å². The van der Waals surface area contributed by atoms with E-state index in [9.17, 15) is 13.2 Å². The highest BCUT2D eigenvalue weighted by Crippen LogP contribution is 2.32. The van der Waals surface area contributed by atoms with Gasteiger partial charge in [-0.15, -0.1) is 0 Å². The van der Waals surface area contributed by atoms with Crippen molar-refractivity contribution in [1.82, 2.24) is 4.90 Å². The number of hydrogen-bond acceptors (Lipinski definition) is 3. The van der Waals surface area contributed by atoms with Crippen LogP contribution in [-0.2, 0) is 6.18 Å². The van der Waals surface area contributed by atoms with Crippen LogP contribution >= 0.6 is 0 Å². The molecule has 0 atom stereocenters. The van der Waals surface area contributed by atoms with Gasteiger partial charge in [-0.05, 0) is 32.3 Å². The standard InChI is InChI=1S/C12H16F3N3O/c1-18(2)5-6-19-10-4-3-8(12(13,14)15)7-9(10)11(16)17/h3-4,7H,5-6H2,1-2H3,(H3,16,17). The number of nitrogens with two attached hydrogens (primary N) is 1. The second-order valence-electron chi connectivity index (χ2n) is 4.27. The quantitative estimate of drug-likeness (QED) is 0.637. The molecule has 0 fully saturated rings. The fraction of sp³-hybridized carbons (Fsp3) is 0.417. The summed E-state index contributed by atoms with van der Waals surface area (Å²) in [7, 11) is 3.70. The summed E-state index contributed by atoms with van der Waals surface area (Å²) in [5.74, 6) is -0.270. The van der Waals surface area contributed by atoms with Gasteiger partial charge in [-0.3, -0.25) is 5.41 Å². The molecule has 0 aliphatic heterocycles. The number of rotatable bonds is 5. The van der Waals surface area contributed by atoms with Crippen LogP contribution in [0.4, 0.5) is 13.2 Å². The smallest absolute Gasteiger partial charge is 0.416 e. The van der Waals surface area contributed by atoms with Gasteiger partial charge in [0.25, 0.3) is 0 Å². The van der Waals surface area contributed by atoms with Crippen LogP contribution in [0, 0.1) is 5.41 Å². The number of nitrogens with zero attached hydrogens (tertiary/aromatic N) is 1. The first-order valence-corrected chi connectivity index (χ1v) is 5.55. The molecule has 7 heteroatoms. The fourth-order valence-corrected chi connectivity index (χ4v) is 1.38. The lowest BCUT2D eigenvalue weighted by atomic mass is 10.1. The Morgan fingerprint density at radius 2 is 2.00 bits per heavy atom. The van der Waals surface area contributed by atoms with Crippen molar-refractivity contribution in [1.29, 1.82) is 5.41 Å². The number of likely N-dealkylation sites (N-methyl/N-ethyl adjacent to an activating group) is 1. The lowest BCUT2D eigenvalue weighted by Crippen LogP contribution is -2.21. The number of nitrogen functional groups attached to an aromatic ring is 1. The van der Waals surface area contributed by atoms with Gasteiger partial charge in [-0.25, -0.2) is 0 Å². The van der Waals surface area contributed by atoms with E-state index in [4.69, 9.17) is 15.9 Å². The third kappa shape index (κ3) is 4.44. The zero-order valence-electron chi connectivity index (χ0n) is 10.7. The number of alkyl halides is 3. The summed E-state index contributed by atoms with van der Waals surface area (Å²) >= 11 is 0. The van der Waals surface area contributed by atoms with E-state index in [2.05, 4.69) is 0 Å². The van der Waals surface area contributed by atoms with Crippen LogP contribution in [0.5, 0.6) is 5.75 Å². The van der Waals surface area contributed by atoms with Crippen molar-refractivity contribution < 1.29 is 17.9 Å². The van der Waals surface area contributed by atoms with Gasteiger partial charge in [0, 0.05) is 6.54 Å². The van der Waals surface area contributed by atoms with Crippen LogP contribution in [0.25, 0.3) is 0 Å². The minimum absolute atomic E-state index is 0.0476. The van der Waals surface area contributed by atoms with Gasteiger partial charge < -0.3 is 15.4 Å². The van der Waals surface area contributed by atoms with Crippen molar-refractivity contribution in [3.8, 4) is 5.75 Å². The van der Waals surface area contributed by atoms with Gasteiger partial charge in [0.15, 0.2) is 0 Å². The predicted octanol–water partition coefficient (Wildman–Crippen LogP) is 1.93. The molecule has 1 rings (SSSR count). The lowest BCUT2D eigenvalue weighted by molar-refractivity contribution is -0.137. The van der Waals surface area contributed by atoms with Crippen molar-refractivity contribution >= 4 is 5.84 Å². The normalized spacial score (nSPS) is 11.7. The molecule has 1 aromatic carbocycles. The van der Waals surface area contributed by atoms with E-state index < -0.39 is 17.6 Å². The summed E-state index contributed by atoms with van der Waals surface area (Å²) < 4.78 is 43.0. The largest absolute Gasteiger partial charge is 0.491 e. The molecular formula is C12H16F3N3O. The van der Waals surface area contributed by atoms with E-state index in [1.165, 1.54) is 6.07 Å². The SMILES string of the molecule is CN(C)CCOc1ccc(C(F)(F)F)cc1C(=N)N. The van der Waals surface area contributed by atoms with Crippen LogP contribution < -0.4 is 10.5 Å². The van der Waals surface area contributed by atoms with Crippen LogP contribution in [0.2, 0.25) is 0 Å². The molecule has 0 aliphatic rings. The Kier molecular flexibility index (Phi) is 4.77. The molecule has 0 heterocycles. The van der Waals surface area contributed by atoms with Crippen LogP contribution in [-0.4, -0.2) is 38.0 Å². The van der Waals surface area contributed by atoms with Gasteiger partial charge in [-0.1, -0.05) is 0 Å². The average molecular weight is 275 g/mol. The highest BCUT2D eigenvalue weighted by molar-refractivity contribution is 5.97. The third-order valence-corrected chi connectivity index (χ3v) is 2.39. The molecule has 106 valence electrons. The van der Waals surface area contributed by atoms with Crippen LogP contribution in [0.3, 0.4) is 0 Å². The van der Waals surface area contributed by atoms with E-state index >= 15 is 0 Å². The zero-order chi connectivity index (χ0) is 14.6. The number of halogens is 3. The number of benzene rings is 1. The Hall–Kier alpha value is -1.76. The van der Waals surface area contributed by atoms with E-state index in [0.717, 1.165) is 12.1 Å². The number of nitrogens with one attached hydrogen (secondary N) is 1. The van der Waals surface area contributed by atoms with Crippen LogP contribution in [0.15, 0.2) is 18.2 Å². The maximum atomic E-state index is 12.6. The molecule has 19 heavy (non-hydrogen) atoms. The second kappa shape index (κ2) is 5.92. The highest BCUT2D eigenvalue weighted by atomic mass is 19.4. The molecule has 0 bridgehead atoms. The van der Waals surface area contributed by atoms with Crippen LogP contribution in [0.1, 0.15) is 11.1 Å². The lowest BCUT2D eigenvalue weighted by Gasteiger charge is -2.15. The number of ether oxygens (including phenoxy) is 1. The van der Waals surface area contributed by atoms with Gasteiger partial charge in [0.1, 0.15) is 18.2 Å². The van der Waals surface area contributed by atoms with Gasteiger partial charge in [0.2, 0.25) is 0 Å². The maximum absolute atomic E-state index is 12.6. The molecule has 0 spiro atoms. The summed E-state index contributed by atoms with van der Waals surface area (Å²) in [5, 5.41) is 7.32. The summed E-state index contributed by atoms with van der Waals surface area (Å²) in [5.41, 5.74) is 4.39. The molecule has 4 nitrogen and oxygen atoms in total. The Balaban J connectivity index is 2.96. The minimum atomic E-state index is -4.47. The number of hydrogen-bond donors (Lipinski definition) is 2. The molecule has 0 saturated heterocycles. The van der Waals surface area contributed by atoms with Gasteiger partial charge in [-0.2, -0.15) is 13.2 Å². The second-order valence-corrected chi connectivity index (χ2v) is 4.27. The third-order valence-electron chi connectivity index (χ3n) is 2.39. The first kappa shape index (κ1) is 15.3. The van der Waals surface area contributed by atoms with Crippen molar-refractivity contribution in [2.45, 2.75) is 6.18 Å². The molecule has 0 aliphatic carbocycles. The fourth-order valence-electron chi connectivity index (χ4n) is 1.38. The molecule has 0 aromatic heterocycles. The summed E-state index contributed by atoms with van der Waals surface area (Å²) in [6.45, 7) is 0.914. The monoisotopic (exact) mass is 275 g/mol. The molecule has 1 aromatic rings. The average Bonchev–Trinajstić information content (AvgIpc) is 2.27.